The Morgan fingerprint density at radius 2 is 1.84 bits per heavy atom. The Labute approximate surface area is 153 Å². The van der Waals surface area contributed by atoms with E-state index in [1.54, 1.807) is 12.1 Å². The fourth-order valence-corrected chi connectivity index (χ4v) is 3.25. The lowest BCUT2D eigenvalue weighted by Gasteiger charge is -2.14. The van der Waals surface area contributed by atoms with E-state index in [0.717, 1.165) is 18.4 Å². The molecule has 0 spiro atoms. The molecule has 0 bridgehead atoms. The van der Waals surface area contributed by atoms with Crippen LogP contribution in [0.15, 0.2) is 53.0 Å². The predicted molar refractivity (Wildman–Crippen MR) is 95.0 cm³/mol. The summed E-state index contributed by atoms with van der Waals surface area (Å²) < 4.78 is 46.4. The van der Waals surface area contributed by atoms with Gasteiger partial charge in [0.05, 0.1) is 11.1 Å². The number of benzene rings is 2. The van der Waals surface area contributed by atoms with Gasteiger partial charge in [-0.1, -0.05) is 36.4 Å². The second-order valence-corrected chi connectivity index (χ2v) is 7.90. The van der Waals surface area contributed by atoms with Gasteiger partial charge in [-0.15, -0.1) is 0 Å². The third kappa shape index (κ3) is 6.51. The van der Waals surface area contributed by atoms with Gasteiger partial charge < -0.3 is 14.2 Å². The van der Waals surface area contributed by atoms with Crippen molar-refractivity contribution in [3.8, 4) is 5.75 Å². The molecule has 0 amide bonds. The first kappa shape index (κ1) is 20.0. The number of aryl methyl sites for hydroxylation is 1. The zero-order chi connectivity index (χ0) is 18.3. The van der Waals surface area contributed by atoms with Crippen LogP contribution in [0, 0.1) is 0 Å². The van der Waals surface area contributed by atoms with Crippen molar-refractivity contribution in [3.05, 3.63) is 64.1 Å². The number of hydrogen-bond acceptors (Lipinski definition) is 3. The van der Waals surface area contributed by atoms with Crippen LogP contribution in [0.2, 0.25) is 0 Å². The molecular weight excluding hydrogens is 417 g/mol. The third-order valence-electron chi connectivity index (χ3n) is 3.34. The zero-order valence-electron chi connectivity index (χ0n) is 13.3. The molecule has 0 aliphatic rings. The van der Waals surface area contributed by atoms with E-state index in [0.29, 0.717) is 17.7 Å². The average Bonchev–Trinajstić information content (AvgIpc) is 2.57. The summed E-state index contributed by atoms with van der Waals surface area (Å²) in [6, 6.07) is 14.7. The average molecular weight is 435 g/mol. The third-order valence-corrected chi connectivity index (χ3v) is 4.91. The summed E-state index contributed by atoms with van der Waals surface area (Å²) in [7, 11) is -4.98. The minimum absolute atomic E-state index is 0.112. The molecule has 0 aliphatic heterocycles. The Hall–Kier alpha value is -1.27. The molecule has 2 aromatic carbocycles. The fourth-order valence-electron chi connectivity index (χ4n) is 2.10. The molecule has 1 atom stereocenters. The topological polar surface area (TPSA) is 55.8 Å². The minimum atomic E-state index is -4.98. The van der Waals surface area contributed by atoms with Crippen LogP contribution in [0.5, 0.6) is 5.75 Å². The predicted octanol–water partition coefficient (Wildman–Crippen LogP) is 5.39. The molecule has 0 aromatic heterocycles. The highest BCUT2D eigenvalue weighted by atomic mass is 79.9. The lowest BCUT2D eigenvalue weighted by Crippen LogP contribution is -2.02. The van der Waals surface area contributed by atoms with Crippen molar-refractivity contribution in [2.45, 2.75) is 25.6 Å². The number of rotatable bonds is 9. The van der Waals surface area contributed by atoms with E-state index in [1.807, 2.05) is 18.2 Å². The van der Waals surface area contributed by atoms with Crippen molar-refractivity contribution in [1.29, 1.82) is 0 Å². The van der Waals surface area contributed by atoms with E-state index in [2.05, 4.69) is 32.6 Å². The standard InChI is InChI=1S/C17H18BrF2O4P/c18-15-11-14(8-9-16(15)24-25(21,22)17(19)20)12-23-10-4-7-13-5-2-1-3-6-13/h1-3,5-6,8-9,11,17H,4,7,10,12H2,(H,21,22). The normalized spacial score (nSPS) is 13.6. The van der Waals surface area contributed by atoms with Gasteiger partial charge in [-0.05, 0) is 52.0 Å². The summed E-state index contributed by atoms with van der Waals surface area (Å²) in [4.78, 5) is 9.07. The van der Waals surface area contributed by atoms with Crippen molar-refractivity contribution in [1.82, 2.24) is 0 Å². The van der Waals surface area contributed by atoms with Crippen molar-refractivity contribution in [3.63, 3.8) is 0 Å². The van der Waals surface area contributed by atoms with Gasteiger partial charge in [-0.2, -0.15) is 8.78 Å². The Morgan fingerprint density at radius 1 is 1.12 bits per heavy atom. The van der Waals surface area contributed by atoms with Gasteiger partial charge in [-0.25, -0.2) is 4.57 Å². The molecule has 1 N–H and O–H groups in total. The number of hydrogen-bond donors (Lipinski definition) is 1. The van der Waals surface area contributed by atoms with Crippen LogP contribution in [0.4, 0.5) is 8.78 Å². The molecule has 8 heteroatoms. The quantitative estimate of drug-likeness (QED) is 0.424. The zero-order valence-corrected chi connectivity index (χ0v) is 15.8. The van der Waals surface area contributed by atoms with Gasteiger partial charge in [0.15, 0.2) is 0 Å². The molecule has 136 valence electrons. The van der Waals surface area contributed by atoms with Crippen LogP contribution in [0.3, 0.4) is 0 Å². The molecule has 25 heavy (non-hydrogen) atoms. The van der Waals surface area contributed by atoms with Crippen molar-refractivity contribution in [2.75, 3.05) is 6.61 Å². The van der Waals surface area contributed by atoms with Crippen molar-refractivity contribution in [2.24, 2.45) is 0 Å². The summed E-state index contributed by atoms with van der Waals surface area (Å²) in [6.45, 7) is 0.932. The number of alkyl halides is 2. The van der Waals surface area contributed by atoms with E-state index in [4.69, 9.17) is 9.63 Å². The monoisotopic (exact) mass is 434 g/mol. The van der Waals surface area contributed by atoms with Crippen LogP contribution in [0.25, 0.3) is 0 Å². The minimum Gasteiger partial charge on any atom is -0.420 e. The molecule has 0 saturated heterocycles. The van der Waals surface area contributed by atoms with Gasteiger partial charge in [0.25, 0.3) is 0 Å². The van der Waals surface area contributed by atoms with Crippen LogP contribution < -0.4 is 4.52 Å². The molecule has 0 saturated carbocycles. The molecule has 0 fully saturated rings. The van der Waals surface area contributed by atoms with E-state index < -0.39 is 13.8 Å². The van der Waals surface area contributed by atoms with E-state index in [-0.39, 0.29) is 5.75 Å². The molecule has 4 nitrogen and oxygen atoms in total. The van der Waals surface area contributed by atoms with Gasteiger partial charge in [-0.3, -0.25) is 0 Å². The van der Waals surface area contributed by atoms with E-state index >= 15 is 0 Å². The van der Waals surface area contributed by atoms with Gasteiger partial charge >= 0.3 is 13.8 Å². The fraction of sp³-hybridized carbons (Fsp3) is 0.294. The summed E-state index contributed by atoms with van der Waals surface area (Å²) >= 11 is 3.14. The van der Waals surface area contributed by atoms with Gasteiger partial charge in [0.2, 0.25) is 0 Å². The molecule has 0 heterocycles. The molecule has 0 radical (unpaired) electrons. The van der Waals surface area contributed by atoms with Crippen LogP contribution in [0.1, 0.15) is 17.5 Å². The maximum atomic E-state index is 12.4. The Bertz CT molecular complexity index is 728. The summed E-state index contributed by atoms with van der Waals surface area (Å²) in [5.74, 6) is -0.112. The second kappa shape index (κ2) is 9.43. The number of ether oxygens (including phenoxy) is 1. The maximum absolute atomic E-state index is 12.4. The first-order valence-electron chi connectivity index (χ1n) is 7.59. The summed E-state index contributed by atoms with van der Waals surface area (Å²) in [6.07, 6.45) is -1.64. The smallest absolute Gasteiger partial charge is 0.420 e. The highest BCUT2D eigenvalue weighted by Crippen LogP contribution is 2.50. The molecular formula is C17H18BrF2O4P. The second-order valence-electron chi connectivity index (χ2n) is 5.34. The van der Waals surface area contributed by atoms with E-state index in [9.17, 15) is 13.3 Å². The van der Waals surface area contributed by atoms with Crippen LogP contribution >= 0.6 is 23.5 Å². The molecule has 2 rings (SSSR count). The van der Waals surface area contributed by atoms with Crippen molar-refractivity contribution < 1.29 is 27.5 Å². The Balaban J connectivity index is 1.79. The lowest BCUT2D eigenvalue weighted by atomic mass is 10.1. The first-order chi connectivity index (χ1) is 11.9. The Morgan fingerprint density at radius 3 is 2.48 bits per heavy atom. The largest absolute Gasteiger partial charge is 0.442 e. The maximum Gasteiger partial charge on any atom is 0.442 e. The van der Waals surface area contributed by atoms with Crippen molar-refractivity contribution >= 4 is 23.5 Å². The lowest BCUT2D eigenvalue weighted by molar-refractivity contribution is 0.118. The van der Waals surface area contributed by atoms with Gasteiger partial charge in [0.1, 0.15) is 5.75 Å². The summed E-state index contributed by atoms with van der Waals surface area (Å²) in [5, 5.41) is 0. The molecule has 2 aromatic rings. The van der Waals surface area contributed by atoms with Crippen LogP contribution in [-0.2, 0) is 22.3 Å². The van der Waals surface area contributed by atoms with Gasteiger partial charge in [0, 0.05) is 6.61 Å². The Kier molecular flexibility index (Phi) is 7.56. The molecule has 0 aliphatic carbocycles. The molecule has 1 unspecified atom stereocenters. The highest BCUT2D eigenvalue weighted by Gasteiger charge is 2.34. The SMILES string of the molecule is O=P(O)(Oc1ccc(COCCCc2ccccc2)cc1Br)C(F)F. The first-order valence-corrected chi connectivity index (χ1v) is 10.0. The summed E-state index contributed by atoms with van der Waals surface area (Å²) in [5.41, 5.74) is 2.05. The van der Waals surface area contributed by atoms with E-state index in [1.165, 1.54) is 11.6 Å². The number of halogens is 3. The van der Waals surface area contributed by atoms with Crippen LogP contribution in [-0.4, -0.2) is 17.7 Å². The highest BCUT2D eigenvalue weighted by molar-refractivity contribution is 9.10.